The Morgan fingerprint density at radius 3 is 1.97 bits per heavy atom. The maximum absolute atomic E-state index is 13.4. The van der Waals surface area contributed by atoms with Crippen LogP contribution in [0.4, 0.5) is 32.3 Å². The molecular weight excluding hydrogens is 474 g/mol. The molecule has 0 unspecified atom stereocenters. The average Bonchev–Trinajstić information content (AvgIpc) is 3.36. The lowest BCUT2D eigenvalue weighted by molar-refractivity contribution is -0.143. The Morgan fingerprint density at radius 2 is 1.51 bits per heavy atom. The molecule has 2 aromatic heterocycles. The van der Waals surface area contributed by atoms with E-state index in [1.54, 1.807) is 41.4 Å². The van der Waals surface area contributed by atoms with Gasteiger partial charge in [-0.05, 0) is 44.2 Å². The van der Waals surface area contributed by atoms with E-state index in [2.05, 4.69) is 20.0 Å². The number of likely N-dealkylation sites (N-methyl/N-ethyl adjacent to an activating group) is 1. The lowest BCUT2D eigenvalue weighted by Gasteiger charge is -2.29. The highest BCUT2D eigenvalue weighted by Crippen LogP contribution is 2.37. The summed E-state index contributed by atoms with van der Waals surface area (Å²) in [7, 11) is 3.68. The number of benzene rings is 1. The van der Waals surface area contributed by atoms with E-state index in [1.165, 1.54) is 0 Å². The molecule has 1 aliphatic rings. The van der Waals surface area contributed by atoms with Gasteiger partial charge in [0.25, 0.3) is 0 Å². The minimum absolute atomic E-state index is 0.116. The monoisotopic (exact) mass is 498 g/mol. The smallest absolute Gasteiger partial charge is 0.332 e. The Kier molecular flexibility index (Phi) is 6.52. The second-order valence-electron chi connectivity index (χ2n) is 8.89. The number of aryl methyl sites for hydroxylation is 1. The predicted octanol–water partition coefficient (Wildman–Crippen LogP) is 5.01. The van der Waals surface area contributed by atoms with E-state index >= 15 is 0 Å². The Labute approximate surface area is 198 Å². The normalized spacial score (nSPS) is 19.3. The van der Waals surface area contributed by atoms with Crippen LogP contribution in [-0.4, -0.2) is 50.3 Å². The van der Waals surface area contributed by atoms with Crippen LogP contribution in [0.25, 0.3) is 11.1 Å². The summed E-state index contributed by atoms with van der Waals surface area (Å²) >= 11 is 0. The van der Waals surface area contributed by atoms with Crippen molar-refractivity contribution < 1.29 is 26.3 Å². The van der Waals surface area contributed by atoms with Crippen molar-refractivity contribution in [2.75, 3.05) is 18.5 Å². The molecule has 188 valence electrons. The molecule has 0 bridgehead atoms. The number of anilines is 1. The Hall–Kier alpha value is -3.15. The maximum Gasteiger partial charge on any atom is 0.416 e. The molecule has 12 heteroatoms. The first-order chi connectivity index (χ1) is 16.3. The lowest BCUT2D eigenvalue weighted by Crippen LogP contribution is -2.38. The molecule has 0 spiro atoms. The van der Waals surface area contributed by atoms with Crippen molar-refractivity contribution in [2.24, 2.45) is 7.05 Å². The van der Waals surface area contributed by atoms with Gasteiger partial charge >= 0.3 is 12.4 Å². The van der Waals surface area contributed by atoms with Crippen molar-refractivity contribution in [1.29, 1.82) is 0 Å². The molecule has 4 rings (SSSR count). The van der Waals surface area contributed by atoms with Gasteiger partial charge in [0, 0.05) is 61.9 Å². The van der Waals surface area contributed by atoms with Crippen LogP contribution >= 0.6 is 0 Å². The van der Waals surface area contributed by atoms with Crippen LogP contribution in [0.3, 0.4) is 0 Å². The molecule has 0 radical (unpaired) electrons. The summed E-state index contributed by atoms with van der Waals surface area (Å²) in [6, 6.07) is 1.65. The van der Waals surface area contributed by atoms with Gasteiger partial charge in [0.2, 0.25) is 5.95 Å². The third-order valence-corrected chi connectivity index (χ3v) is 6.24. The van der Waals surface area contributed by atoms with Crippen molar-refractivity contribution >= 4 is 5.95 Å². The standard InChI is InChI=1S/C23H24F6N6/c1-14-4-20(13-33(14)2)35(21-30-8-16(9-31-21)17-10-32-34(3)12-17)11-15-5-18(22(24,25)26)7-19(6-15)23(27,28)29/h5-10,12,14,20H,4,11,13H2,1-3H3/t14-,20+/m1/s1. The minimum atomic E-state index is -4.91. The van der Waals surface area contributed by atoms with E-state index in [4.69, 9.17) is 0 Å². The number of hydrogen-bond donors (Lipinski definition) is 0. The maximum atomic E-state index is 13.4. The fourth-order valence-electron chi connectivity index (χ4n) is 4.25. The van der Waals surface area contributed by atoms with Gasteiger partial charge in [-0.15, -0.1) is 0 Å². The van der Waals surface area contributed by atoms with Gasteiger partial charge in [-0.3, -0.25) is 4.68 Å². The summed E-state index contributed by atoms with van der Waals surface area (Å²) in [6.45, 7) is 2.38. The highest BCUT2D eigenvalue weighted by atomic mass is 19.4. The fourth-order valence-corrected chi connectivity index (χ4v) is 4.25. The van der Waals surface area contributed by atoms with Crippen molar-refractivity contribution in [3.05, 3.63) is 59.7 Å². The van der Waals surface area contributed by atoms with Gasteiger partial charge in [-0.25, -0.2) is 9.97 Å². The number of likely N-dealkylation sites (tertiary alicyclic amines) is 1. The van der Waals surface area contributed by atoms with E-state index < -0.39 is 23.5 Å². The summed E-state index contributed by atoms with van der Waals surface area (Å²) in [5, 5.41) is 4.10. The minimum Gasteiger partial charge on any atom is -0.332 e. The van der Waals surface area contributed by atoms with Crippen molar-refractivity contribution in [2.45, 2.75) is 44.3 Å². The fraction of sp³-hybridized carbons (Fsp3) is 0.435. The Bertz CT molecular complexity index is 1130. The second-order valence-corrected chi connectivity index (χ2v) is 8.89. The van der Waals surface area contributed by atoms with Crippen LogP contribution in [-0.2, 0) is 25.9 Å². The number of rotatable bonds is 5. The van der Waals surface area contributed by atoms with Gasteiger partial charge in [0.05, 0.1) is 17.3 Å². The number of hydrogen-bond acceptors (Lipinski definition) is 5. The van der Waals surface area contributed by atoms with Crippen molar-refractivity contribution in [1.82, 2.24) is 24.6 Å². The van der Waals surface area contributed by atoms with E-state index in [-0.39, 0.29) is 36.2 Å². The van der Waals surface area contributed by atoms with Gasteiger partial charge in [-0.2, -0.15) is 31.4 Å². The zero-order valence-corrected chi connectivity index (χ0v) is 19.3. The molecule has 1 aliphatic heterocycles. The first-order valence-corrected chi connectivity index (χ1v) is 10.9. The SMILES string of the molecule is C[C@@H]1C[C@H](N(Cc2cc(C(F)(F)F)cc(C(F)(F)F)c2)c2ncc(-c3cnn(C)c3)cn2)CN1C. The van der Waals surface area contributed by atoms with Gasteiger partial charge in [0.15, 0.2) is 0 Å². The van der Waals surface area contributed by atoms with Crippen molar-refractivity contribution in [3.8, 4) is 11.1 Å². The van der Waals surface area contributed by atoms with E-state index in [0.29, 0.717) is 18.5 Å². The predicted molar refractivity (Wildman–Crippen MR) is 117 cm³/mol. The van der Waals surface area contributed by atoms with Crippen LogP contribution in [0, 0.1) is 0 Å². The zero-order valence-electron chi connectivity index (χ0n) is 19.3. The Morgan fingerprint density at radius 1 is 0.914 bits per heavy atom. The quantitative estimate of drug-likeness (QED) is 0.463. The van der Waals surface area contributed by atoms with Gasteiger partial charge in [-0.1, -0.05) is 0 Å². The van der Waals surface area contributed by atoms with Crippen LogP contribution in [0.5, 0.6) is 0 Å². The summed E-state index contributed by atoms with van der Waals surface area (Å²) < 4.78 is 82.0. The molecule has 35 heavy (non-hydrogen) atoms. The highest BCUT2D eigenvalue weighted by molar-refractivity contribution is 5.60. The van der Waals surface area contributed by atoms with E-state index in [9.17, 15) is 26.3 Å². The molecule has 2 atom stereocenters. The number of nitrogens with zero attached hydrogens (tertiary/aromatic N) is 6. The third kappa shape index (κ3) is 5.58. The molecule has 1 fully saturated rings. The van der Waals surface area contributed by atoms with Gasteiger partial charge < -0.3 is 9.80 Å². The zero-order chi connectivity index (χ0) is 25.5. The molecule has 1 aromatic carbocycles. The Balaban J connectivity index is 1.72. The van der Waals surface area contributed by atoms with Crippen molar-refractivity contribution in [3.63, 3.8) is 0 Å². The second kappa shape index (κ2) is 9.14. The van der Waals surface area contributed by atoms with Crippen LogP contribution in [0.15, 0.2) is 43.0 Å². The van der Waals surface area contributed by atoms with Gasteiger partial charge in [0.1, 0.15) is 0 Å². The molecule has 0 amide bonds. The van der Waals surface area contributed by atoms with Crippen LogP contribution in [0.1, 0.15) is 30.0 Å². The molecule has 0 aliphatic carbocycles. The van der Waals surface area contributed by atoms with Crippen LogP contribution in [0.2, 0.25) is 0 Å². The molecule has 3 heterocycles. The summed E-state index contributed by atoms with van der Waals surface area (Å²) in [4.78, 5) is 12.6. The molecular formula is C23H24F6N6. The summed E-state index contributed by atoms with van der Waals surface area (Å²) in [5.41, 5.74) is -1.32. The molecule has 3 aromatic rings. The summed E-state index contributed by atoms with van der Waals surface area (Å²) in [5.74, 6) is 0.233. The molecule has 6 nitrogen and oxygen atoms in total. The molecule has 1 saturated heterocycles. The topological polar surface area (TPSA) is 50.1 Å². The number of halogens is 6. The average molecular weight is 498 g/mol. The van der Waals surface area contributed by atoms with E-state index in [0.717, 1.165) is 17.7 Å². The molecule has 0 N–H and O–H groups in total. The number of aromatic nitrogens is 4. The largest absolute Gasteiger partial charge is 0.416 e. The first kappa shape index (κ1) is 25.0. The highest BCUT2D eigenvalue weighted by Gasteiger charge is 2.38. The lowest BCUT2D eigenvalue weighted by atomic mass is 10.0. The number of alkyl halides is 6. The van der Waals surface area contributed by atoms with Crippen LogP contribution < -0.4 is 4.90 Å². The summed E-state index contributed by atoms with van der Waals surface area (Å²) in [6.07, 6.45) is -2.59. The molecule has 0 saturated carbocycles. The third-order valence-electron chi connectivity index (χ3n) is 6.24. The first-order valence-electron chi connectivity index (χ1n) is 10.9. The van der Waals surface area contributed by atoms with E-state index in [1.807, 2.05) is 14.0 Å².